The van der Waals surface area contributed by atoms with Gasteiger partial charge in [-0.15, -0.1) is 0 Å². The van der Waals surface area contributed by atoms with Gasteiger partial charge >= 0.3 is 0 Å². The Hall–Kier alpha value is -0.390. The number of carbonyl (C=O) groups excluding carboxylic acids is 1. The van der Waals surface area contributed by atoms with Crippen molar-refractivity contribution in [3.8, 4) is 0 Å². The van der Waals surface area contributed by atoms with Gasteiger partial charge < -0.3 is 11.1 Å². The molecule has 1 amide bonds. The molecule has 0 fully saturated rings. The molecule has 0 aliphatic carbocycles. The van der Waals surface area contributed by atoms with Gasteiger partial charge in [-0.2, -0.15) is 0 Å². The van der Waals surface area contributed by atoms with Crippen LogP contribution in [0.5, 0.6) is 0 Å². The summed E-state index contributed by atoms with van der Waals surface area (Å²) < 4.78 is 1.70. The Kier molecular flexibility index (Phi) is 6.32. The Labute approximate surface area is 125 Å². The van der Waals surface area contributed by atoms with Crippen LogP contribution in [0.25, 0.3) is 0 Å². The molecular formula is C13H18Br2N2O. The van der Waals surface area contributed by atoms with Crippen molar-refractivity contribution in [2.45, 2.75) is 20.3 Å². The van der Waals surface area contributed by atoms with Gasteiger partial charge in [0.2, 0.25) is 5.91 Å². The quantitative estimate of drug-likeness (QED) is 0.820. The van der Waals surface area contributed by atoms with Crippen LogP contribution in [0, 0.1) is 11.8 Å². The average Bonchev–Trinajstić information content (AvgIpc) is 2.30. The maximum atomic E-state index is 12.2. The lowest BCUT2D eigenvalue weighted by molar-refractivity contribution is -0.120. The second kappa shape index (κ2) is 7.26. The summed E-state index contributed by atoms with van der Waals surface area (Å²) >= 11 is 6.84. The van der Waals surface area contributed by atoms with E-state index in [0.29, 0.717) is 12.5 Å². The number of amides is 1. The fourth-order valence-electron chi connectivity index (χ4n) is 1.72. The van der Waals surface area contributed by atoms with Crippen molar-refractivity contribution < 1.29 is 4.79 Å². The summed E-state index contributed by atoms with van der Waals surface area (Å²) in [7, 11) is 0. The highest BCUT2D eigenvalue weighted by molar-refractivity contribution is 9.11. The predicted molar refractivity (Wildman–Crippen MR) is 82.5 cm³/mol. The molecule has 3 nitrogen and oxygen atoms in total. The van der Waals surface area contributed by atoms with Crippen molar-refractivity contribution >= 4 is 43.5 Å². The molecule has 0 saturated heterocycles. The molecule has 100 valence electrons. The number of halogens is 2. The molecular weight excluding hydrogens is 360 g/mol. The lowest BCUT2D eigenvalue weighted by atomic mass is 9.96. The number of hydrogen-bond donors (Lipinski definition) is 2. The highest BCUT2D eigenvalue weighted by atomic mass is 79.9. The van der Waals surface area contributed by atoms with E-state index < -0.39 is 0 Å². The molecule has 0 bridgehead atoms. The molecule has 0 aromatic heterocycles. The lowest BCUT2D eigenvalue weighted by Gasteiger charge is -2.18. The molecule has 0 heterocycles. The molecule has 1 aromatic rings. The number of nitrogens with one attached hydrogen (secondary N) is 1. The van der Waals surface area contributed by atoms with Gasteiger partial charge in [-0.1, -0.05) is 19.9 Å². The van der Waals surface area contributed by atoms with Crippen LogP contribution in [0.2, 0.25) is 0 Å². The average molecular weight is 378 g/mol. The summed E-state index contributed by atoms with van der Waals surface area (Å²) in [5.41, 5.74) is 6.42. The van der Waals surface area contributed by atoms with E-state index in [1.165, 1.54) is 0 Å². The van der Waals surface area contributed by atoms with Crippen molar-refractivity contribution in [3.05, 3.63) is 27.1 Å². The summed E-state index contributed by atoms with van der Waals surface area (Å²) in [5.74, 6) is 0.273. The number of carbonyl (C=O) groups is 1. The summed E-state index contributed by atoms with van der Waals surface area (Å²) in [5, 5.41) is 2.92. The number of rotatable bonds is 5. The Balaban J connectivity index is 2.80. The van der Waals surface area contributed by atoms with Gasteiger partial charge in [0.05, 0.1) is 11.6 Å². The van der Waals surface area contributed by atoms with Gasteiger partial charge in [0, 0.05) is 15.5 Å². The standard InChI is InChI=1S/C13H18Br2N2O/c1-8(2)6-9(7-16)13(18)17-12-10(14)4-3-5-11(12)15/h3-5,8-9H,6-7,16H2,1-2H3,(H,17,18). The molecule has 5 heteroatoms. The number of hydrogen-bond acceptors (Lipinski definition) is 2. The Morgan fingerprint density at radius 1 is 1.33 bits per heavy atom. The zero-order valence-corrected chi connectivity index (χ0v) is 13.7. The van der Waals surface area contributed by atoms with E-state index in [1.54, 1.807) is 0 Å². The highest BCUT2D eigenvalue weighted by Gasteiger charge is 2.19. The van der Waals surface area contributed by atoms with Crippen LogP contribution in [0.1, 0.15) is 20.3 Å². The van der Waals surface area contributed by atoms with E-state index in [9.17, 15) is 4.79 Å². The van der Waals surface area contributed by atoms with Gasteiger partial charge in [0.15, 0.2) is 0 Å². The van der Waals surface area contributed by atoms with Crippen molar-refractivity contribution in [1.82, 2.24) is 0 Å². The second-order valence-electron chi connectivity index (χ2n) is 4.65. The molecule has 0 radical (unpaired) electrons. The van der Waals surface area contributed by atoms with Crippen LogP contribution in [0.3, 0.4) is 0 Å². The molecule has 3 N–H and O–H groups in total. The molecule has 0 spiro atoms. The van der Waals surface area contributed by atoms with E-state index in [1.807, 2.05) is 18.2 Å². The molecule has 1 unspecified atom stereocenters. The van der Waals surface area contributed by atoms with Crippen molar-refractivity contribution in [2.24, 2.45) is 17.6 Å². The van der Waals surface area contributed by atoms with Crippen LogP contribution in [-0.2, 0) is 4.79 Å². The smallest absolute Gasteiger partial charge is 0.228 e. The maximum Gasteiger partial charge on any atom is 0.228 e. The number of para-hydroxylation sites is 1. The highest BCUT2D eigenvalue weighted by Crippen LogP contribution is 2.31. The molecule has 1 aromatic carbocycles. The molecule has 0 aliphatic heterocycles. The molecule has 18 heavy (non-hydrogen) atoms. The van der Waals surface area contributed by atoms with E-state index in [-0.39, 0.29) is 11.8 Å². The van der Waals surface area contributed by atoms with Crippen LogP contribution in [0.4, 0.5) is 5.69 Å². The first-order valence-corrected chi connectivity index (χ1v) is 7.49. The monoisotopic (exact) mass is 376 g/mol. The van der Waals surface area contributed by atoms with Crippen LogP contribution in [0.15, 0.2) is 27.1 Å². The van der Waals surface area contributed by atoms with Crippen LogP contribution >= 0.6 is 31.9 Å². The number of benzene rings is 1. The third-order valence-corrected chi connectivity index (χ3v) is 3.94. The SMILES string of the molecule is CC(C)CC(CN)C(=O)Nc1c(Br)cccc1Br. The third-order valence-electron chi connectivity index (χ3n) is 2.62. The van der Waals surface area contributed by atoms with Gasteiger partial charge in [0.25, 0.3) is 0 Å². The maximum absolute atomic E-state index is 12.2. The first-order chi connectivity index (χ1) is 8.45. The van der Waals surface area contributed by atoms with Crippen molar-refractivity contribution in [1.29, 1.82) is 0 Å². The number of anilines is 1. The number of nitrogens with two attached hydrogens (primary N) is 1. The van der Waals surface area contributed by atoms with E-state index in [0.717, 1.165) is 21.1 Å². The van der Waals surface area contributed by atoms with Gasteiger partial charge in [-0.05, 0) is 56.3 Å². The minimum atomic E-state index is -0.149. The first-order valence-electron chi connectivity index (χ1n) is 5.90. The Morgan fingerprint density at radius 2 is 1.89 bits per heavy atom. The fraction of sp³-hybridized carbons (Fsp3) is 0.462. The topological polar surface area (TPSA) is 55.1 Å². The summed E-state index contributed by atoms with van der Waals surface area (Å²) in [6, 6.07) is 5.68. The van der Waals surface area contributed by atoms with Gasteiger partial charge in [-0.25, -0.2) is 0 Å². The molecule has 1 rings (SSSR count). The molecule has 1 atom stereocenters. The first kappa shape index (κ1) is 15.7. The zero-order valence-electron chi connectivity index (χ0n) is 10.5. The second-order valence-corrected chi connectivity index (χ2v) is 6.36. The van der Waals surface area contributed by atoms with E-state index >= 15 is 0 Å². The summed E-state index contributed by atoms with van der Waals surface area (Å²) in [4.78, 5) is 12.2. The molecule has 0 saturated carbocycles. The van der Waals surface area contributed by atoms with Crippen LogP contribution in [-0.4, -0.2) is 12.5 Å². The molecule has 0 aliphatic rings. The van der Waals surface area contributed by atoms with Gasteiger partial charge in [0.1, 0.15) is 0 Å². The van der Waals surface area contributed by atoms with E-state index in [2.05, 4.69) is 51.0 Å². The normalized spacial score (nSPS) is 12.6. The predicted octanol–water partition coefficient (Wildman–Crippen LogP) is 3.77. The lowest BCUT2D eigenvalue weighted by Crippen LogP contribution is -2.30. The Morgan fingerprint density at radius 3 is 2.33 bits per heavy atom. The largest absolute Gasteiger partial charge is 0.330 e. The summed E-state index contributed by atoms with van der Waals surface area (Å²) in [6.07, 6.45) is 0.796. The minimum absolute atomic E-state index is 0.0289. The van der Waals surface area contributed by atoms with Gasteiger partial charge in [-0.3, -0.25) is 4.79 Å². The van der Waals surface area contributed by atoms with Crippen molar-refractivity contribution in [3.63, 3.8) is 0 Å². The van der Waals surface area contributed by atoms with Crippen LogP contribution < -0.4 is 11.1 Å². The zero-order chi connectivity index (χ0) is 13.7. The Bertz CT molecular complexity index is 401. The third kappa shape index (κ3) is 4.37. The fourth-order valence-corrected chi connectivity index (χ4v) is 2.92. The summed E-state index contributed by atoms with van der Waals surface area (Å²) in [6.45, 7) is 4.54. The van der Waals surface area contributed by atoms with E-state index in [4.69, 9.17) is 5.73 Å². The van der Waals surface area contributed by atoms with Crippen molar-refractivity contribution in [2.75, 3.05) is 11.9 Å². The minimum Gasteiger partial charge on any atom is -0.330 e.